The number of nitrogens with zero attached hydrogens (tertiary/aromatic N) is 1. The molecule has 20 heavy (non-hydrogen) atoms. The first-order valence-electron chi connectivity index (χ1n) is 6.29. The third-order valence-corrected chi connectivity index (χ3v) is 3.50. The number of carbonyl (C=O) groups excluding carboxylic acids is 1. The zero-order valence-electron chi connectivity index (χ0n) is 11.4. The predicted molar refractivity (Wildman–Crippen MR) is 80.1 cm³/mol. The molecular weight excluding hydrogens is 270 g/mol. The molecule has 1 atom stereocenters. The summed E-state index contributed by atoms with van der Waals surface area (Å²) in [6.45, 7) is 3.81. The number of benzene rings is 2. The minimum Gasteiger partial charge on any atom is -0.292 e. The Hall–Kier alpha value is -2.11. The molecule has 0 amide bonds. The summed E-state index contributed by atoms with van der Waals surface area (Å²) in [7, 11) is 0. The van der Waals surface area contributed by atoms with Gasteiger partial charge in [0.25, 0.3) is 0 Å². The van der Waals surface area contributed by atoms with Crippen LogP contribution in [-0.2, 0) is 0 Å². The molecule has 0 heterocycles. The topological polar surface area (TPSA) is 40.9 Å². The Kier molecular flexibility index (Phi) is 4.22. The second-order valence-corrected chi connectivity index (χ2v) is 5.23. The molecule has 0 N–H and O–H groups in total. The van der Waals surface area contributed by atoms with Gasteiger partial charge in [-0.1, -0.05) is 47.5 Å². The molecule has 0 aliphatic heterocycles. The Labute approximate surface area is 123 Å². The van der Waals surface area contributed by atoms with E-state index in [2.05, 4.69) is 6.07 Å². The predicted octanol–water partition coefficient (Wildman–Crippen LogP) is 4.45. The monoisotopic (exact) mass is 283 g/mol. The Morgan fingerprint density at radius 2 is 1.80 bits per heavy atom. The van der Waals surface area contributed by atoms with Crippen LogP contribution in [0.3, 0.4) is 0 Å². The number of hydrogen-bond acceptors (Lipinski definition) is 2. The lowest BCUT2D eigenvalue weighted by atomic mass is 9.89. The van der Waals surface area contributed by atoms with E-state index in [4.69, 9.17) is 11.6 Å². The van der Waals surface area contributed by atoms with Crippen molar-refractivity contribution in [3.63, 3.8) is 0 Å². The lowest BCUT2D eigenvalue weighted by Gasteiger charge is -2.11. The maximum atomic E-state index is 12.6. The van der Waals surface area contributed by atoms with Gasteiger partial charge in [-0.15, -0.1) is 0 Å². The fraction of sp³-hybridized carbons (Fsp3) is 0.176. The quantitative estimate of drug-likeness (QED) is 0.781. The van der Waals surface area contributed by atoms with Crippen LogP contribution in [0.1, 0.15) is 33.0 Å². The SMILES string of the molecule is Cc1ccc(C(C#N)C(=O)c2cc(Cl)ccc2C)cc1. The second-order valence-electron chi connectivity index (χ2n) is 4.80. The number of Topliss-reactive ketones (excluding diaryl/α,β-unsaturated/α-hetero) is 1. The molecule has 2 rings (SSSR count). The van der Waals surface area contributed by atoms with Gasteiger partial charge < -0.3 is 0 Å². The van der Waals surface area contributed by atoms with Gasteiger partial charge >= 0.3 is 0 Å². The minimum absolute atomic E-state index is 0.212. The van der Waals surface area contributed by atoms with E-state index in [-0.39, 0.29) is 5.78 Å². The van der Waals surface area contributed by atoms with Crippen LogP contribution in [0.5, 0.6) is 0 Å². The Morgan fingerprint density at radius 1 is 1.15 bits per heavy atom. The Morgan fingerprint density at radius 3 is 2.40 bits per heavy atom. The molecule has 0 aliphatic carbocycles. The van der Waals surface area contributed by atoms with Crippen LogP contribution < -0.4 is 0 Å². The van der Waals surface area contributed by atoms with Crippen molar-refractivity contribution in [1.29, 1.82) is 5.26 Å². The normalized spacial score (nSPS) is 11.7. The lowest BCUT2D eigenvalue weighted by molar-refractivity contribution is 0.0978. The first kappa shape index (κ1) is 14.3. The number of rotatable bonds is 3. The van der Waals surface area contributed by atoms with Gasteiger partial charge in [0.15, 0.2) is 5.78 Å². The minimum atomic E-state index is -0.798. The van der Waals surface area contributed by atoms with Crippen LogP contribution in [-0.4, -0.2) is 5.78 Å². The molecule has 2 nitrogen and oxygen atoms in total. The van der Waals surface area contributed by atoms with Gasteiger partial charge in [-0.2, -0.15) is 5.26 Å². The van der Waals surface area contributed by atoms with Gasteiger partial charge in [0.1, 0.15) is 5.92 Å². The van der Waals surface area contributed by atoms with Gasteiger partial charge in [-0.25, -0.2) is 0 Å². The van der Waals surface area contributed by atoms with Crippen molar-refractivity contribution in [2.24, 2.45) is 0 Å². The zero-order valence-corrected chi connectivity index (χ0v) is 12.1. The fourth-order valence-corrected chi connectivity index (χ4v) is 2.23. The van der Waals surface area contributed by atoms with Crippen molar-refractivity contribution in [3.05, 3.63) is 69.7 Å². The van der Waals surface area contributed by atoms with Gasteiger partial charge in [0.2, 0.25) is 0 Å². The van der Waals surface area contributed by atoms with Crippen LogP contribution in [0, 0.1) is 25.2 Å². The number of carbonyl (C=O) groups is 1. The second kappa shape index (κ2) is 5.90. The van der Waals surface area contributed by atoms with Crippen molar-refractivity contribution >= 4 is 17.4 Å². The highest BCUT2D eigenvalue weighted by Crippen LogP contribution is 2.24. The van der Waals surface area contributed by atoms with Gasteiger partial charge in [-0.05, 0) is 37.1 Å². The highest BCUT2D eigenvalue weighted by molar-refractivity contribution is 6.31. The fourth-order valence-electron chi connectivity index (χ4n) is 2.06. The summed E-state index contributed by atoms with van der Waals surface area (Å²) in [5, 5.41) is 9.84. The molecule has 2 aromatic rings. The van der Waals surface area contributed by atoms with Crippen molar-refractivity contribution in [3.8, 4) is 6.07 Å². The molecular formula is C17H14ClNO. The zero-order chi connectivity index (χ0) is 14.7. The number of hydrogen-bond donors (Lipinski definition) is 0. The van der Waals surface area contributed by atoms with Gasteiger partial charge in [-0.3, -0.25) is 4.79 Å². The maximum absolute atomic E-state index is 12.6. The van der Waals surface area contributed by atoms with Crippen LogP contribution in [0.25, 0.3) is 0 Å². The number of aryl methyl sites for hydroxylation is 2. The lowest BCUT2D eigenvalue weighted by Crippen LogP contribution is -2.12. The van der Waals surface area contributed by atoms with E-state index >= 15 is 0 Å². The summed E-state index contributed by atoms with van der Waals surface area (Å²) >= 11 is 5.94. The molecule has 3 heteroatoms. The van der Waals surface area contributed by atoms with E-state index in [9.17, 15) is 10.1 Å². The molecule has 0 saturated carbocycles. The largest absolute Gasteiger partial charge is 0.292 e. The molecule has 100 valence electrons. The van der Waals surface area contributed by atoms with Gasteiger partial charge in [0.05, 0.1) is 6.07 Å². The number of nitriles is 1. The number of halogens is 1. The van der Waals surface area contributed by atoms with E-state index in [0.717, 1.165) is 11.1 Å². The van der Waals surface area contributed by atoms with Crippen molar-refractivity contribution in [1.82, 2.24) is 0 Å². The van der Waals surface area contributed by atoms with Crippen LogP contribution in [0.15, 0.2) is 42.5 Å². The molecule has 0 aromatic heterocycles. The Balaban J connectivity index is 2.42. The molecule has 2 aromatic carbocycles. The van der Waals surface area contributed by atoms with E-state index in [1.54, 1.807) is 18.2 Å². The molecule has 0 aliphatic rings. The molecule has 0 radical (unpaired) electrons. The first-order valence-corrected chi connectivity index (χ1v) is 6.67. The third-order valence-electron chi connectivity index (χ3n) is 3.27. The molecule has 0 spiro atoms. The molecule has 0 bridgehead atoms. The van der Waals surface area contributed by atoms with Crippen LogP contribution in [0.2, 0.25) is 5.02 Å². The maximum Gasteiger partial charge on any atom is 0.184 e. The summed E-state index contributed by atoms with van der Waals surface area (Å²) in [5.74, 6) is -1.01. The molecule has 0 fully saturated rings. The van der Waals surface area contributed by atoms with Crippen LogP contribution in [0.4, 0.5) is 0 Å². The standard InChI is InChI=1S/C17H14ClNO/c1-11-3-6-13(7-4-11)16(10-19)17(20)15-9-14(18)8-5-12(15)2/h3-9,16H,1-2H3. The first-order chi connectivity index (χ1) is 9.52. The Bertz CT molecular complexity index is 683. The average molecular weight is 284 g/mol. The van der Waals surface area contributed by atoms with E-state index in [0.29, 0.717) is 16.1 Å². The van der Waals surface area contributed by atoms with Crippen molar-refractivity contribution in [2.75, 3.05) is 0 Å². The highest BCUT2D eigenvalue weighted by Gasteiger charge is 2.23. The van der Waals surface area contributed by atoms with Crippen LogP contribution >= 0.6 is 11.6 Å². The van der Waals surface area contributed by atoms with E-state index in [1.165, 1.54) is 0 Å². The van der Waals surface area contributed by atoms with E-state index in [1.807, 2.05) is 38.1 Å². The molecule has 1 unspecified atom stereocenters. The number of ketones is 1. The summed E-state index contributed by atoms with van der Waals surface area (Å²) in [6, 6.07) is 14.7. The van der Waals surface area contributed by atoms with Crippen molar-refractivity contribution < 1.29 is 4.79 Å². The summed E-state index contributed by atoms with van der Waals surface area (Å²) in [6.07, 6.45) is 0. The summed E-state index contributed by atoms with van der Waals surface area (Å²) in [4.78, 5) is 12.6. The smallest absolute Gasteiger partial charge is 0.184 e. The molecule has 0 saturated heterocycles. The summed E-state index contributed by atoms with van der Waals surface area (Å²) in [5.41, 5.74) is 3.13. The van der Waals surface area contributed by atoms with E-state index < -0.39 is 5.92 Å². The highest BCUT2D eigenvalue weighted by atomic mass is 35.5. The third kappa shape index (κ3) is 2.89. The average Bonchev–Trinajstić information content (AvgIpc) is 2.44. The van der Waals surface area contributed by atoms with Gasteiger partial charge in [0, 0.05) is 10.6 Å². The summed E-state index contributed by atoms with van der Waals surface area (Å²) < 4.78 is 0. The van der Waals surface area contributed by atoms with Crippen molar-refractivity contribution in [2.45, 2.75) is 19.8 Å².